The summed E-state index contributed by atoms with van der Waals surface area (Å²) in [5.41, 5.74) is 1.43. The zero-order chi connectivity index (χ0) is 12.3. The standard InChI is InChI=1S/C13H22ClNO/c1-5-15(12(16)9-14)11-6-10(2)7-13(3,4)8-11/h6,10H,5,7-9H2,1-4H3. The van der Waals surface area contributed by atoms with Crippen LogP contribution in [0.1, 0.15) is 40.5 Å². The molecule has 1 unspecified atom stereocenters. The van der Waals surface area contributed by atoms with E-state index < -0.39 is 0 Å². The molecule has 0 saturated carbocycles. The van der Waals surface area contributed by atoms with Crippen LogP contribution in [-0.4, -0.2) is 23.2 Å². The van der Waals surface area contributed by atoms with Crippen molar-refractivity contribution in [2.45, 2.75) is 40.5 Å². The van der Waals surface area contributed by atoms with Crippen LogP contribution in [0.5, 0.6) is 0 Å². The van der Waals surface area contributed by atoms with Crippen molar-refractivity contribution >= 4 is 17.5 Å². The maximum Gasteiger partial charge on any atom is 0.241 e. The normalized spacial score (nSPS) is 23.8. The third kappa shape index (κ3) is 3.24. The number of halogens is 1. The predicted molar refractivity (Wildman–Crippen MR) is 68.4 cm³/mol. The molecule has 0 aliphatic heterocycles. The Bertz CT molecular complexity index is 296. The van der Waals surface area contributed by atoms with Gasteiger partial charge in [-0.25, -0.2) is 0 Å². The Labute approximate surface area is 104 Å². The molecule has 1 atom stereocenters. The fraction of sp³-hybridized carbons (Fsp3) is 0.769. The van der Waals surface area contributed by atoms with E-state index in [1.54, 1.807) is 0 Å². The molecule has 1 rings (SSSR count). The van der Waals surface area contributed by atoms with Crippen LogP contribution in [0.15, 0.2) is 11.8 Å². The summed E-state index contributed by atoms with van der Waals surface area (Å²) in [6, 6.07) is 0. The number of rotatable bonds is 3. The van der Waals surface area contributed by atoms with Gasteiger partial charge in [-0.2, -0.15) is 0 Å². The van der Waals surface area contributed by atoms with Gasteiger partial charge in [-0.3, -0.25) is 4.79 Å². The molecule has 1 aliphatic carbocycles. The molecule has 0 aromatic rings. The van der Waals surface area contributed by atoms with Crippen molar-refractivity contribution < 1.29 is 4.79 Å². The lowest BCUT2D eigenvalue weighted by Gasteiger charge is -2.37. The van der Waals surface area contributed by atoms with E-state index in [0.717, 1.165) is 12.1 Å². The van der Waals surface area contributed by atoms with E-state index in [9.17, 15) is 4.79 Å². The Morgan fingerprint density at radius 2 is 2.25 bits per heavy atom. The van der Waals surface area contributed by atoms with E-state index in [4.69, 9.17) is 11.6 Å². The highest BCUT2D eigenvalue weighted by Gasteiger charge is 2.30. The summed E-state index contributed by atoms with van der Waals surface area (Å²) in [7, 11) is 0. The van der Waals surface area contributed by atoms with Crippen LogP contribution in [0.25, 0.3) is 0 Å². The third-order valence-corrected chi connectivity index (χ3v) is 3.32. The zero-order valence-electron chi connectivity index (χ0n) is 10.7. The van der Waals surface area contributed by atoms with Crippen LogP contribution in [0.3, 0.4) is 0 Å². The van der Waals surface area contributed by atoms with E-state index in [2.05, 4.69) is 26.8 Å². The molecule has 2 nitrogen and oxygen atoms in total. The quantitative estimate of drug-likeness (QED) is 0.696. The van der Waals surface area contributed by atoms with Gasteiger partial charge in [-0.05, 0) is 31.1 Å². The first-order valence-corrected chi connectivity index (χ1v) is 6.50. The minimum absolute atomic E-state index is 0.0142. The van der Waals surface area contributed by atoms with Crippen LogP contribution in [0, 0.1) is 11.3 Å². The van der Waals surface area contributed by atoms with Crippen molar-refractivity contribution in [1.29, 1.82) is 0 Å². The molecule has 0 N–H and O–H groups in total. The Kier molecular flexibility index (Phi) is 4.43. The molecule has 0 heterocycles. The van der Waals surface area contributed by atoms with E-state index >= 15 is 0 Å². The summed E-state index contributed by atoms with van der Waals surface area (Å²) in [6.07, 6.45) is 4.37. The molecule has 0 spiro atoms. The first kappa shape index (κ1) is 13.6. The van der Waals surface area contributed by atoms with Crippen LogP contribution >= 0.6 is 11.6 Å². The topological polar surface area (TPSA) is 20.3 Å². The van der Waals surface area contributed by atoms with Gasteiger partial charge < -0.3 is 4.90 Å². The molecule has 0 fully saturated rings. The Morgan fingerprint density at radius 3 is 2.69 bits per heavy atom. The van der Waals surface area contributed by atoms with Gasteiger partial charge in [-0.15, -0.1) is 11.6 Å². The van der Waals surface area contributed by atoms with Gasteiger partial charge in [-0.1, -0.05) is 26.8 Å². The lowest BCUT2D eigenvalue weighted by atomic mass is 9.75. The van der Waals surface area contributed by atoms with Crippen molar-refractivity contribution in [3.05, 3.63) is 11.8 Å². The SMILES string of the molecule is CCN(C(=O)CCl)C1=CC(C)CC(C)(C)C1. The average Bonchev–Trinajstić information content (AvgIpc) is 2.15. The predicted octanol–water partition coefficient (Wildman–Crippen LogP) is 3.41. The number of amides is 1. The zero-order valence-corrected chi connectivity index (χ0v) is 11.5. The van der Waals surface area contributed by atoms with Crippen molar-refractivity contribution in [2.24, 2.45) is 11.3 Å². The highest BCUT2D eigenvalue weighted by Crippen LogP contribution is 2.39. The summed E-state index contributed by atoms with van der Waals surface area (Å²) >= 11 is 5.63. The number of carbonyl (C=O) groups is 1. The summed E-state index contributed by atoms with van der Waals surface area (Å²) in [6.45, 7) is 9.43. The number of alkyl halides is 1. The lowest BCUT2D eigenvalue weighted by molar-refractivity contribution is -0.126. The van der Waals surface area contributed by atoms with Crippen molar-refractivity contribution in [2.75, 3.05) is 12.4 Å². The van der Waals surface area contributed by atoms with Gasteiger partial charge in [0.2, 0.25) is 5.91 Å². The first-order chi connectivity index (χ1) is 7.39. The third-order valence-electron chi connectivity index (χ3n) is 3.09. The maximum atomic E-state index is 11.7. The molecule has 3 heteroatoms. The van der Waals surface area contributed by atoms with Crippen LogP contribution < -0.4 is 0 Å². The number of carbonyl (C=O) groups excluding carboxylic acids is 1. The molecule has 1 aliphatic rings. The molecule has 16 heavy (non-hydrogen) atoms. The number of nitrogens with zero attached hydrogens (tertiary/aromatic N) is 1. The van der Waals surface area contributed by atoms with Crippen LogP contribution in [0.2, 0.25) is 0 Å². The van der Waals surface area contributed by atoms with Gasteiger partial charge in [0.05, 0.1) is 0 Å². The van der Waals surface area contributed by atoms with Gasteiger partial charge in [0, 0.05) is 12.2 Å². The molecule has 0 aromatic carbocycles. The van der Waals surface area contributed by atoms with Crippen LogP contribution in [-0.2, 0) is 4.79 Å². The van der Waals surface area contributed by atoms with Crippen molar-refractivity contribution in [3.8, 4) is 0 Å². The monoisotopic (exact) mass is 243 g/mol. The Hall–Kier alpha value is -0.500. The fourth-order valence-electron chi connectivity index (χ4n) is 2.68. The summed E-state index contributed by atoms with van der Waals surface area (Å²) < 4.78 is 0. The summed E-state index contributed by atoms with van der Waals surface area (Å²) in [4.78, 5) is 13.5. The largest absolute Gasteiger partial charge is 0.316 e. The minimum atomic E-state index is 0.0142. The first-order valence-electron chi connectivity index (χ1n) is 5.96. The number of allylic oxidation sites excluding steroid dienone is 2. The van der Waals surface area contributed by atoms with Gasteiger partial charge in [0.1, 0.15) is 5.88 Å². The Morgan fingerprint density at radius 1 is 1.62 bits per heavy atom. The molecular weight excluding hydrogens is 222 g/mol. The molecule has 0 radical (unpaired) electrons. The average molecular weight is 244 g/mol. The van der Waals surface area contributed by atoms with E-state index in [0.29, 0.717) is 12.5 Å². The second kappa shape index (κ2) is 5.22. The maximum absolute atomic E-state index is 11.7. The number of hydrogen-bond acceptors (Lipinski definition) is 1. The number of hydrogen-bond donors (Lipinski definition) is 0. The molecule has 0 bridgehead atoms. The molecule has 0 aromatic heterocycles. The molecule has 92 valence electrons. The van der Waals surface area contributed by atoms with Gasteiger partial charge >= 0.3 is 0 Å². The highest BCUT2D eigenvalue weighted by atomic mass is 35.5. The Balaban J connectivity index is 2.89. The fourth-order valence-corrected chi connectivity index (χ4v) is 2.82. The minimum Gasteiger partial charge on any atom is -0.316 e. The van der Waals surface area contributed by atoms with Crippen LogP contribution in [0.4, 0.5) is 0 Å². The van der Waals surface area contributed by atoms with Gasteiger partial charge in [0.15, 0.2) is 0 Å². The molecular formula is C13H22ClNO. The smallest absolute Gasteiger partial charge is 0.241 e. The van der Waals surface area contributed by atoms with Crippen molar-refractivity contribution in [1.82, 2.24) is 4.90 Å². The highest BCUT2D eigenvalue weighted by molar-refractivity contribution is 6.27. The molecule has 0 saturated heterocycles. The summed E-state index contributed by atoms with van der Waals surface area (Å²) in [5, 5.41) is 0. The van der Waals surface area contributed by atoms with Crippen molar-refractivity contribution in [3.63, 3.8) is 0 Å². The summed E-state index contributed by atoms with van der Waals surface area (Å²) in [5.74, 6) is 0.622. The van der Waals surface area contributed by atoms with E-state index in [1.807, 2.05) is 11.8 Å². The van der Waals surface area contributed by atoms with E-state index in [1.165, 1.54) is 6.42 Å². The second-order valence-corrected chi connectivity index (χ2v) is 5.72. The van der Waals surface area contributed by atoms with E-state index in [-0.39, 0.29) is 17.2 Å². The molecule has 1 amide bonds. The second-order valence-electron chi connectivity index (χ2n) is 5.45. The van der Waals surface area contributed by atoms with Gasteiger partial charge in [0.25, 0.3) is 0 Å². The lowest BCUT2D eigenvalue weighted by Crippen LogP contribution is -2.35.